The molecule has 0 bridgehead atoms. The number of halogens is 8. The van der Waals surface area contributed by atoms with E-state index >= 15 is 0 Å². The van der Waals surface area contributed by atoms with Crippen LogP contribution in [-0.2, 0) is 21.9 Å². The van der Waals surface area contributed by atoms with Gasteiger partial charge < -0.3 is 0 Å². The Hall–Kier alpha value is -2.17. The van der Waals surface area contributed by atoms with Crippen LogP contribution in [0.4, 0.5) is 35.1 Å². The van der Waals surface area contributed by atoms with Gasteiger partial charge in [-0.3, -0.25) is 0 Å². The molecule has 2 unspecified atom stereocenters. The predicted molar refractivity (Wildman–Crippen MR) is 95.1 cm³/mol. The van der Waals surface area contributed by atoms with E-state index in [0.717, 1.165) is 30.3 Å². The molecule has 2 nitrogen and oxygen atoms in total. The normalized spacial score (nSPS) is 20.4. The molecule has 1 aliphatic carbocycles. The molecule has 2 aromatic rings. The number of benzene rings is 2. The minimum Gasteiger partial charge on any atom is -0.223 e. The molecule has 2 atom stereocenters. The molecular formula is C20H16F8O2S. The molecule has 0 aliphatic heterocycles. The summed E-state index contributed by atoms with van der Waals surface area (Å²) in [7, 11) is -4.15. The minimum atomic E-state index is -6.26. The zero-order valence-electron chi connectivity index (χ0n) is 15.9. The van der Waals surface area contributed by atoms with Gasteiger partial charge in [-0.15, -0.1) is 0 Å². The van der Waals surface area contributed by atoms with Crippen LogP contribution >= 0.6 is 0 Å². The molecule has 1 aliphatic rings. The van der Waals surface area contributed by atoms with Crippen molar-refractivity contribution in [2.75, 3.05) is 0 Å². The third kappa shape index (κ3) is 3.81. The summed E-state index contributed by atoms with van der Waals surface area (Å²) in [5, 5.41) is -1.29. The van der Waals surface area contributed by atoms with E-state index < -0.39 is 50.4 Å². The predicted octanol–water partition coefficient (Wildman–Crippen LogP) is 6.21. The Morgan fingerprint density at radius 1 is 0.871 bits per heavy atom. The lowest BCUT2D eigenvalue weighted by Crippen LogP contribution is -2.50. The first kappa shape index (κ1) is 23.5. The van der Waals surface area contributed by atoms with Crippen molar-refractivity contribution in [3.8, 4) is 0 Å². The molecule has 2 aromatic carbocycles. The van der Waals surface area contributed by atoms with Crippen LogP contribution in [0, 0.1) is 11.7 Å². The fourth-order valence-electron chi connectivity index (χ4n) is 3.89. The number of fused-ring (bicyclic) bond motifs is 1. The molecule has 31 heavy (non-hydrogen) atoms. The summed E-state index contributed by atoms with van der Waals surface area (Å²) in [5.74, 6) is -1.21. The van der Waals surface area contributed by atoms with Gasteiger partial charge in [0.2, 0.25) is 0 Å². The van der Waals surface area contributed by atoms with Gasteiger partial charge in [-0.2, -0.15) is 26.3 Å². The van der Waals surface area contributed by atoms with Crippen LogP contribution in [0.1, 0.15) is 35.3 Å². The Balaban J connectivity index is 2.15. The van der Waals surface area contributed by atoms with E-state index in [4.69, 9.17) is 0 Å². The van der Waals surface area contributed by atoms with Crippen LogP contribution in [0.5, 0.6) is 0 Å². The van der Waals surface area contributed by atoms with Gasteiger partial charge in [-0.25, -0.2) is 17.2 Å². The molecule has 0 aromatic heterocycles. The Kier molecular flexibility index (Phi) is 5.65. The van der Waals surface area contributed by atoms with Crippen molar-refractivity contribution >= 4 is 9.84 Å². The molecule has 3 rings (SSSR count). The highest BCUT2D eigenvalue weighted by molar-refractivity contribution is 7.91. The molecule has 170 valence electrons. The van der Waals surface area contributed by atoms with E-state index in [2.05, 4.69) is 0 Å². The topological polar surface area (TPSA) is 34.1 Å². The Labute approximate surface area is 172 Å². The number of aryl methyl sites for hydroxylation is 1. The van der Waals surface area contributed by atoms with Gasteiger partial charge in [0, 0.05) is 5.56 Å². The third-order valence-electron chi connectivity index (χ3n) is 5.49. The van der Waals surface area contributed by atoms with Crippen molar-refractivity contribution in [1.29, 1.82) is 0 Å². The third-order valence-corrected chi connectivity index (χ3v) is 7.81. The lowest BCUT2D eigenvalue weighted by atomic mass is 9.81. The van der Waals surface area contributed by atoms with Gasteiger partial charge in [0.15, 0.2) is 9.84 Å². The van der Waals surface area contributed by atoms with E-state index in [1.807, 2.05) is 0 Å². The molecule has 0 heterocycles. The maximum absolute atomic E-state index is 14.4. The Morgan fingerprint density at radius 3 is 1.94 bits per heavy atom. The first-order chi connectivity index (χ1) is 14.1. The van der Waals surface area contributed by atoms with Gasteiger partial charge in [-0.1, -0.05) is 25.1 Å². The molecule has 0 spiro atoms. The molecule has 0 N–H and O–H groups in total. The van der Waals surface area contributed by atoms with Crippen LogP contribution in [0.15, 0.2) is 47.4 Å². The second-order valence-corrected chi connectivity index (χ2v) is 9.57. The molecule has 0 radical (unpaired) electrons. The number of sulfone groups is 1. The van der Waals surface area contributed by atoms with Crippen LogP contribution in [0.3, 0.4) is 0 Å². The quantitative estimate of drug-likeness (QED) is 0.393. The van der Waals surface area contributed by atoms with Gasteiger partial charge in [0.25, 0.3) is 0 Å². The van der Waals surface area contributed by atoms with Gasteiger partial charge in [0.05, 0.1) is 10.1 Å². The van der Waals surface area contributed by atoms with E-state index in [0.29, 0.717) is 12.1 Å². The smallest absolute Gasteiger partial charge is 0.223 e. The SMILES string of the molecule is CC1CCc2cc(C(F)(C(F)(F)F)C(F)(F)F)ccc2C1S(=O)(=O)c1ccc(F)cc1. The monoisotopic (exact) mass is 472 g/mol. The van der Waals surface area contributed by atoms with Crippen LogP contribution in [-0.4, -0.2) is 20.8 Å². The number of rotatable bonds is 3. The molecular weight excluding hydrogens is 456 g/mol. The zero-order valence-corrected chi connectivity index (χ0v) is 16.7. The molecule has 0 fully saturated rings. The van der Waals surface area contributed by atoms with Crippen molar-refractivity contribution in [3.63, 3.8) is 0 Å². The lowest BCUT2D eigenvalue weighted by molar-refractivity contribution is -0.348. The average molecular weight is 472 g/mol. The first-order valence-electron chi connectivity index (χ1n) is 9.06. The highest BCUT2D eigenvalue weighted by Crippen LogP contribution is 2.54. The van der Waals surface area contributed by atoms with Crippen LogP contribution in [0.25, 0.3) is 0 Å². The van der Waals surface area contributed by atoms with Crippen molar-refractivity contribution in [3.05, 3.63) is 65.0 Å². The van der Waals surface area contributed by atoms with Gasteiger partial charge in [-0.05, 0) is 54.2 Å². The number of alkyl halides is 7. The zero-order chi connectivity index (χ0) is 23.4. The van der Waals surface area contributed by atoms with E-state index in [1.165, 1.54) is 0 Å². The highest BCUT2D eigenvalue weighted by Gasteiger charge is 2.73. The molecule has 0 amide bonds. The second-order valence-electron chi connectivity index (χ2n) is 7.50. The van der Waals surface area contributed by atoms with E-state index in [9.17, 15) is 43.5 Å². The molecule has 0 saturated heterocycles. The van der Waals surface area contributed by atoms with Crippen LogP contribution in [0.2, 0.25) is 0 Å². The summed E-state index contributed by atoms with van der Waals surface area (Å²) < 4.78 is 132. The Bertz CT molecular complexity index is 1060. The average Bonchev–Trinajstić information content (AvgIpc) is 2.65. The number of hydrogen-bond donors (Lipinski definition) is 0. The second kappa shape index (κ2) is 7.46. The van der Waals surface area contributed by atoms with E-state index in [1.54, 1.807) is 6.92 Å². The summed E-state index contributed by atoms with van der Waals surface area (Å²) in [6.45, 7) is 1.58. The fraction of sp³-hybridized carbons (Fsp3) is 0.400. The maximum Gasteiger partial charge on any atom is 0.435 e. The first-order valence-corrected chi connectivity index (χ1v) is 10.6. The standard InChI is InChI=1S/C20H16F8O2S/c1-11-2-3-12-10-13(18(22,19(23,24)25)20(26,27)28)4-9-16(12)17(11)31(29,30)15-7-5-14(21)6-8-15/h4-11,17H,2-3H2,1H3. The van der Waals surface area contributed by atoms with Crippen molar-refractivity contribution in [1.82, 2.24) is 0 Å². The summed E-state index contributed by atoms with van der Waals surface area (Å²) in [6, 6.07) is 5.47. The summed E-state index contributed by atoms with van der Waals surface area (Å²) in [4.78, 5) is -0.243. The Morgan fingerprint density at radius 2 is 1.42 bits per heavy atom. The number of hydrogen-bond acceptors (Lipinski definition) is 2. The van der Waals surface area contributed by atoms with Gasteiger partial charge in [0.1, 0.15) is 5.82 Å². The maximum atomic E-state index is 14.4. The molecule has 11 heteroatoms. The van der Waals surface area contributed by atoms with Crippen molar-refractivity contribution in [2.24, 2.45) is 5.92 Å². The van der Waals surface area contributed by atoms with Crippen molar-refractivity contribution in [2.45, 2.75) is 47.9 Å². The largest absolute Gasteiger partial charge is 0.435 e. The lowest BCUT2D eigenvalue weighted by Gasteiger charge is -2.34. The summed E-state index contributed by atoms with van der Waals surface area (Å²) in [5.41, 5.74) is -7.36. The highest BCUT2D eigenvalue weighted by atomic mass is 32.2. The van der Waals surface area contributed by atoms with Crippen molar-refractivity contribution < 1.29 is 43.5 Å². The van der Waals surface area contributed by atoms with E-state index in [-0.39, 0.29) is 28.9 Å². The fourth-order valence-corrected chi connectivity index (χ4v) is 6.01. The summed E-state index contributed by atoms with van der Waals surface area (Å²) >= 11 is 0. The van der Waals surface area contributed by atoms with Gasteiger partial charge >= 0.3 is 18.0 Å². The minimum absolute atomic E-state index is 0.00137. The van der Waals surface area contributed by atoms with Crippen LogP contribution < -0.4 is 0 Å². The summed E-state index contributed by atoms with van der Waals surface area (Å²) in [6.07, 6.45) is -12.4. The molecule has 0 saturated carbocycles.